The summed E-state index contributed by atoms with van der Waals surface area (Å²) in [5, 5.41) is 0. The number of ketones is 2. The summed E-state index contributed by atoms with van der Waals surface area (Å²) in [5.41, 5.74) is -0.701. The number of carbonyl (C=O) groups is 2. The Kier molecular flexibility index (Phi) is 3.04. The molecule has 4 fully saturated rings. The highest BCUT2D eigenvalue weighted by Gasteiger charge is 2.60. The molecule has 0 unspecified atom stereocenters. The third-order valence-electron chi connectivity index (χ3n) is 5.65. The molecule has 4 aliphatic rings. The van der Waals surface area contributed by atoms with Gasteiger partial charge >= 0.3 is 6.18 Å². The zero-order valence-electron chi connectivity index (χ0n) is 11.5. The molecule has 4 saturated carbocycles. The van der Waals surface area contributed by atoms with Gasteiger partial charge in [0, 0.05) is 0 Å². The van der Waals surface area contributed by atoms with E-state index in [9.17, 15) is 22.8 Å². The van der Waals surface area contributed by atoms with E-state index in [1.54, 1.807) is 0 Å². The Balaban J connectivity index is 1.95. The van der Waals surface area contributed by atoms with Crippen LogP contribution < -0.4 is 0 Å². The fraction of sp³-hybridized carbons (Fsp3) is 0.867. The highest BCUT2D eigenvalue weighted by atomic mass is 19.4. The number of carbonyl (C=O) groups excluding carboxylic acids is 2. The van der Waals surface area contributed by atoms with Gasteiger partial charge in [-0.25, -0.2) is 0 Å². The van der Waals surface area contributed by atoms with E-state index >= 15 is 0 Å². The molecule has 0 N–H and O–H groups in total. The predicted octanol–water partition coefficient (Wildman–Crippen LogP) is 3.54. The molecule has 4 aliphatic carbocycles. The maximum Gasteiger partial charge on any atom is 0.450 e. The molecule has 0 aliphatic heterocycles. The molecule has 0 heterocycles. The van der Waals surface area contributed by atoms with Crippen LogP contribution in [-0.4, -0.2) is 17.7 Å². The van der Waals surface area contributed by atoms with Gasteiger partial charge in [0.05, 0.1) is 5.92 Å². The number of hydrogen-bond donors (Lipinski definition) is 0. The Morgan fingerprint density at radius 3 is 1.70 bits per heavy atom. The summed E-state index contributed by atoms with van der Waals surface area (Å²) < 4.78 is 38.5. The van der Waals surface area contributed by atoms with Gasteiger partial charge in [-0.2, -0.15) is 13.2 Å². The zero-order chi connectivity index (χ0) is 14.7. The van der Waals surface area contributed by atoms with Crippen LogP contribution in [0.5, 0.6) is 0 Å². The number of hydrogen-bond acceptors (Lipinski definition) is 2. The van der Waals surface area contributed by atoms with Gasteiger partial charge in [-0.3, -0.25) is 9.59 Å². The van der Waals surface area contributed by atoms with Crippen LogP contribution in [0.4, 0.5) is 13.2 Å². The van der Waals surface area contributed by atoms with Crippen molar-refractivity contribution in [2.75, 3.05) is 0 Å². The fourth-order valence-electron chi connectivity index (χ4n) is 5.59. The van der Waals surface area contributed by atoms with E-state index < -0.39 is 29.1 Å². The van der Waals surface area contributed by atoms with Crippen molar-refractivity contribution in [1.29, 1.82) is 0 Å². The third-order valence-corrected chi connectivity index (χ3v) is 5.65. The molecule has 1 atom stereocenters. The second-order valence-electron chi connectivity index (χ2n) is 7.19. The van der Waals surface area contributed by atoms with Gasteiger partial charge in [-0.15, -0.1) is 0 Å². The summed E-state index contributed by atoms with van der Waals surface area (Å²) in [6.07, 6.45) is 0.207. The topological polar surface area (TPSA) is 34.1 Å². The van der Waals surface area contributed by atoms with Gasteiger partial charge < -0.3 is 0 Å². The van der Waals surface area contributed by atoms with Crippen LogP contribution >= 0.6 is 0 Å². The molecule has 0 amide bonds. The summed E-state index contributed by atoms with van der Waals surface area (Å²) in [4.78, 5) is 23.6. The van der Waals surface area contributed by atoms with Crippen molar-refractivity contribution in [2.24, 2.45) is 29.1 Å². The predicted molar refractivity (Wildman–Crippen MR) is 65.8 cm³/mol. The van der Waals surface area contributed by atoms with Crippen molar-refractivity contribution in [2.45, 2.75) is 51.6 Å². The first-order valence-electron chi connectivity index (χ1n) is 7.33. The Morgan fingerprint density at radius 2 is 1.40 bits per heavy atom. The Hall–Kier alpha value is -0.870. The summed E-state index contributed by atoms with van der Waals surface area (Å²) in [6, 6.07) is 0. The summed E-state index contributed by atoms with van der Waals surface area (Å²) in [7, 11) is 0. The fourth-order valence-corrected chi connectivity index (χ4v) is 5.59. The van der Waals surface area contributed by atoms with Crippen LogP contribution in [0.2, 0.25) is 0 Å². The minimum Gasteiger partial charge on any atom is -0.299 e. The van der Waals surface area contributed by atoms with Gasteiger partial charge in [-0.05, 0) is 68.6 Å². The average Bonchev–Trinajstić information content (AvgIpc) is 2.24. The van der Waals surface area contributed by atoms with Gasteiger partial charge in [0.15, 0.2) is 0 Å². The van der Waals surface area contributed by atoms with Crippen molar-refractivity contribution < 1.29 is 22.8 Å². The number of Topliss-reactive ketones (excluding diaryl/α,β-unsaturated/α-hetero) is 2. The first-order chi connectivity index (χ1) is 9.21. The molecule has 20 heavy (non-hydrogen) atoms. The quantitative estimate of drug-likeness (QED) is 0.744. The maximum absolute atomic E-state index is 12.8. The molecule has 0 radical (unpaired) electrons. The van der Waals surface area contributed by atoms with E-state index in [1.165, 1.54) is 0 Å². The maximum atomic E-state index is 12.8. The minimum atomic E-state index is -4.90. The van der Waals surface area contributed by atoms with E-state index in [2.05, 4.69) is 0 Å². The van der Waals surface area contributed by atoms with Crippen molar-refractivity contribution in [3.63, 3.8) is 0 Å². The molecular formula is C15H19F3O2. The first-order valence-corrected chi connectivity index (χ1v) is 7.33. The molecule has 4 bridgehead atoms. The summed E-state index contributed by atoms with van der Waals surface area (Å²) in [6.45, 7) is 1.15. The largest absolute Gasteiger partial charge is 0.450 e. The zero-order valence-corrected chi connectivity index (χ0v) is 11.5. The second kappa shape index (κ2) is 4.31. The number of halogens is 3. The van der Waals surface area contributed by atoms with E-state index in [4.69, 9.17) is 0 Å². The SMILES string of the molecule is CC(=O)[C@H](C(=O)C(F)(F)F)C12CC3CC(CC(C3)C1)C2. The van der Waals surface area contributed by atoms with E-state index in [0.717, 1.165) is 26.2 Å². The molecule has 0 aromatic carbocycles. The monoisotopic (exact) mass is 288 g/mol. The lowest BCUT2D eigenvalue weighted by Gasteiger charge is -2.58. The van der Waals surface area contributed by atoms with Crippen molar-refractivity contribution in [1.82, 2.24) is 0 Å². The van der Waals surface area contributed by atoms with Crippen LogP contribution in [0.15, 0.2) is 0 Å². The molecule has 0 saturated heterocycles. The molecule has 4 rings (SSSR count). The Morgan fingerprint density at radius 1 is 1.00 bits per heavy atom. The molecule has 0 aromatic heterocycles. The highest BCUT2D eigenvalue weighted by molar-refractivity contribution is 6.04. The van der Waals surface area contributed by atoms with Gasteiger partial charge in [0.2, 0.25) is 5.78 Å². The van der Waals surface area contributed by atoms with Crippen molar-refractivity contribution >= 4 is 11.6 Å². The summed E-state index contributed by atoms with van der Waals surface area (Å²) in [5.74, 6) is -2.62. The van der Waals surface area contributed by atoms with Crippen LogP contribution in [-0.2, 0) is 9.59 Å². The molecule has 2 nitrogen and oxygen atoms in total. The molecule has 5 heteroatoms. The highest BCUT2D eigenvalue weighted by Crippen LogP contribution is 2.63. The van der Waals surface area contributed by atoms with Crippen LogP contribution in [0.1, 0.15) is 45.4 Å². The van der Waals surface area contributed by atoms with Gasteiger partial charge in [-0.1, -0.05) is 0 Å². The van der Waals surface area contributed by atoms with E-state index in [0.29, 0.717) is 37.0 Å². The normalized spacial score (nSPS) is 40.7. The molecule has 0 aromatic rings. The smallest absolute Gasteiger partial charge is 0.299 e. The summed E-state index contributed by atoms with van der Waals surface area (Å²) >= 11 is 0. The lowest BCUT2D eigenvalue weighted by Crippen LogP contribution is -2.55. The third kappa shape index (κ3) is 2.09. The van der Waals surface area contributed by atoms with E-state index in [1.807, 2.05) is 0 Å². The Labute approximate surface area is 116 Å². The lowest BCUT2D eigenvalue weighted by atomic mass is 9.45. The van der Waals surface area contributed by atoms with E-state index in [-0.39, 0.29) is 0 Å². The van der Waals surface area contributed by atoms with Crippen LogP contribution in [0.3, 0.4) is 0 Å². The van der Waals surface area contributed by atoms with Crippen LogP contribution in [0, 0.1) is 29.1 Å². The standard InChI is InChI=1S/C15H19F3O2/c1-8(19)12(13(20)15(16,17)18)14-5-9-2-10(6-14)4-11(3-9)7-14/h9-12H,2-7H2,1H3/t9?,10?,11?,12-,14?/m1/s1. The minimum absolute atomic E-state index is 0.420. The second-order valence-corrected chi connectivity index (χ2v) is 7.19. The molecule has 112 valence electrons. The lowest BCUT2D eigenvalue weighted by molar-refractivity contribution is -0.188. The van der Waals surface area contributed by atoms with Crippen molar-refractivity contribution in [3.8, 4) is 0 Å². The Bertz CT molecular complexity index is 417. The number of alkyl halides is 3. The number of rotatable bonds is 3. The van der Waals surface area contributed by atoms with Crippen LogP contribution in [0.25, 0.3) is 0 Å². The first kappa shape index (κ1) is 14.1. The molecule has 0 spiro atoms. The van der Waals surface area contributed by atoms with Crippen molar-refractivity contribution in [3.05, 3.63) is 0 Å². The van der Waals surface area contributed by atoms with Gasteiger partial charge in [0.1, 0.15) is 5.78 Å². The molecular weight excluding hydrogens is 269 g/mol. The average molecular weight is 288 g/mol. The van der Waals surface area contributed by atoms with Gasteiger partial charge in [0.25, 0.3) is 0 Å².